The minimum absolute atomic E-state index is 0. The molecule has 2 heteroatoms. The molecule has 0 bridgehead atoms. The molecule has 0 amide bonds. The van der Waals surface area contributed by atoms with E-state index in [1.807, 2.05) is 0 Å². The lowest BCUT2D eigenvalue weighted by Crippen LogP contribution is -1.90. The van der Waals surface area contributed by atoms with Gasteiger partial charge in [-0.05, 0) is 0 Å². The Balaban J connectivity index is 0. The molecule has 0 radical (unpaired) electrons. The predicted molar refractivity (Wildman–Crippen MR) is 116 cm³/mol. The molecule has 0 fully saturated rings. The van der Waals surface area contributed by atoms with Crippen LogP contribution in [0.3, 0.4) is 0 Å². The van der Waals surface area contributed by atoms with Crippen molar-refractivity contribution in [3.63, 3.8) is 0 Å². The van der Waals surface area contributed by atoms with Gasteiger partial charge in [0.05, 0.1) is 0 Å². The highest BCUT2D eigenvalue weighted by Crippen LogP contribution is 2.13. The van der Waals surface area contributed by atoms with E-state index in [4.69, 9.17) is 0 Å². The van der Waals surface area contributed by atoms with Crippen molar-refractivity contribution >= 4 is 37.3 Å². The van der Waals surface area contributed by atoms with Gasteiger partial charge in [0.1, 0.15) is 0 Å². The lowest BCUT2D eigenvalue weighted by atomic mass is 10.1. The Kier molecular flexibility index (Phi) is 29.3. The highest BCUT2D eigenvalue weighted by Gasteiger charge is 1.97. The molecule has 0 saturated carbocycles. The number of hydrogen-bond acceptors (Lipinski definition) is 0. The first kappa shape index (κ1) is 26.5. The largest absolute Gasteiger partial charge is 0.364 e. The second-order valence-corrected chi connectivity index (χ2v) is 9.49. The lowest BCUT2D eigenvalue weighted by Gasteiger charge is -2.03. The van der Waals surface area contributed by atoms with Crippen LogP contribution in [0, 0.1) is 0 Å². The second kappa shape index (κ2) is 25.5. The van der Waals surface area contributed by atoms with Crippen molar-refractivity contribution in [3.8, 4) is 0 Å². The van der Waals surface area contributed by atoms with Gasteiger partial charge < -0.3 is 0 Å². The van der Waals surface area contributed by atoms with Crippen LogP contribution in [-0.2, 0) is 0 Å². The summed E-state index contributed by atoms with van der Waals surface area (Å²) in [5.74, 6) is 0. The van der Waals surface area contributed by atoms with Crippen molar-refractivity contribution in [1.82, 2.24) is 0 Å². The summed E-state index contributed by atoms with van der Waals surface area (Å²) < 4.78 is 3.26. The quantitative estimate of drug-likeness (QED) is 0.150. The van der Waals surface area contributed by atoms with Crippen LogP contribution < -0.4 is 0 Å². The highest BCUT2D eigenvalue weighted by atomic mass is 79.9. The van der Waals surface area contributed by atoms with Crippen molar-refractivity contribution in [3.05, 3.63) is 0 Å². The van der Waals surface area contributed by atoms with E-state index in [2.05, 4.69) is 13.8 Å². The molecule has 0 aromatic rings. The molecule has 0 unspecified atom stereocenters. The van der Waals surface area contributed by atoms with Gasteiger partial charge in [0.15, 0.2) is 0 Å². The molecule has 0 aliphatic rings. The standard InChI is InChI=1S/C13H27.C8H17.BrH.Mg/c1-3-5-7-9-11-13-12-10-8-6-4-2;1-3-5-7-8-6-4-2;;/h1,3-13H2,2H3;1,3-8H2,2H3;1H;. The van der Waals surface area contributed by atoms with Crippen LogP contribution in [0.1, 0.15) is 123 Å². The van der Waals surface area contributed by atoms with Crippen LogP contribution in [0.25, 0.3) is 0 Å². The van der Waals surface area contributed by atoms with E-state index in [0.29, 0.717) is 20.4 Å². The van der Waals surface area contributed by atoms with Crippen molar-refractivity contribution in [2.24, 2.45) is 0 Å². The van der Waals surface area contributed by atoms with E-state index in [1.165, 1.54) is 96.3 Å². The molecule has 0 heterocycles. The van der Waals surface area contributed by atoms with Gasteiger partial charge in [0.2, 0.25) is 0 Å². The zero-order chi connectivity index (χ0) is 16.1. The topological polar surface area (TPSA) is 0 Å². The molecule has 0 spiro atoms. The second-order valence-electron chi connectivity index (χ2n) is 7.36. The van der Waals surface area contributed by atoms with E-state index in [-0.39, 0.29) is 17.0 Å². The average Bonchev–Trinajstić information content (AvgIpc) is 2.54. The molecule has 23 heavy (non-hydrogen) atoms. The summed E-state index contributed by atoms with van der Waals surface area (Å²) in [6.45, 7) is 4.61. The van der Waals surface area contributed by atoms with Crippen LogP contribution in [0.15, 0.2) is 0 Å². The fourth-order valence-electron chi connectivity index (χ4n) is 3.33. The molecule has 138 valence electrons. The van der Waals surface area contributed by atoms with Crippen LogP contribution in [-0.4, -0.2) is 20.4 Å². The third-order valence-corrected chi connectivity index (χ3v) is 6.96. The fourth-order valence-corrected chi connectivity index (χ4v) is 5.10. The van der Waals surface area contributed by atoms with E-state index < -0.39 is 0 Å². The van der Waals surface area contributed by atoms with E-state index in [9.17, 15) is 0 Å². The molecule has 0 rings (SSSR count). The van der Waals surface area contributed by atoms with Crippen LogP contribution >= 0.6 is 17.0 Å². The van der Waals surface area contributed by atoms with Crippen molar-refractivity contribution in [1.29, 1.82) is 0 Å². The first-order valence-electron chi connectivity index (χ1n) is 10.9. The average molecular weight is 402 g/mol. The fraction of sp³-hybridized carbons (Fsp3) is 1.00. The monoisotopic (exact) mass is 400 g/mol. The Hall–Kier alpha value is 1.25. The Bertz CT molecular complexity index is 165. The molecular weight excluding hydrogens is 356 g/mol. The molecule has 0 aromatic heterocycles. The molecule has 0 aromatic carbocycles. The van der Waals surface area contributed by atoms with Crippen LogP contribution in [0.2, 0.25) is 9.10 Å². The van der Waals surface area contributed by atoms with Crippen molar-refractivity contribution < 1.29 is 0 Å². The zero-order valence-corrected chi connectivity index (χ0v) is 19.7. The third-order valence-electron chi connectivity index (χ3n) is 4.96. The summed E-state index contributed by atoms with van der Waals surface area (Å²) in [6, 6.07) is 0. The summed E-state index contributed by atoms with van der Waals surface area (Å²) in [4.78, 5) is 0. The third kappa shape index (κ3) is 25.6. The number of unbranched alkanes of at least 4 members (excludes halogenated alkanes) is 15. The number of rotatable bonds is 19. The van der Waals surface area contributed by atoms with E-state index in [0.717, 1.165) is 0 Å². The minimum atomic E-state index is 0. The normalized spacial score (nSPS) is 10.3. The first-order chi connectivity index (χ1) is 10.9. The van der Waals surface area contributed by atoms with Crippen molar-refractivity contribution in [2.75, 3.05) is 0 Å². The van der Waals surface area contributed by atoms with Gasteiger partial charge in [-0.25, -0.2) is 0 Å². The van der Waals surface area contributed by atoms with Gasteiger partial charge in [-0.15, -0.1) is 26.1 Å². The van der Waals surface area contributed by atoms with Gasteiger partial charge in [0, 0.05) is 0 Å². The Labute approximate surface area is 168 Å². The first-order valence-corrected chi connectivity index (χ1v) is 12.9. The predicted octanol–water partition coefficient (Wildman–Crippen LogP) is 8.78. The SMILES string of the molecule is Br.CCCCCCCCCCCC[CH2][Mg][CH2]CCCCCCC. The maximum absolute atomic E-state index is 2.31. The molecular formula is C21H45BrMg. The summed E-state index contributed by atoms with van der Waals surface area (Å²) in [5.41, 5.74) is 0. The van der Waals surface area contributed by atoms with Gasteiger partial charge in [-0.3, -0.25) is 0 Å². The van der Waals surface area contributed by atoms with E-state index >= 15 is 0 Å². The zero-order valence-electron chi connectivity index (χ0n) is 16.6. The van der Waals surface area contributed by atoms with Crippen LogP contribution in [0.5, 0.6) is 0 Å². The van der Waals surface area contributed by atoms with Gasteiger partial charge >= 0.3 is 20.4 Å². The molecule has 0 saturated heterocycles. The molecule has 0 atom stereocenters. The van der Waals surface area contributed by atoms with Crippen LogP contribution in [0.4, 0.5) is 0 Å². The molecule has 0 N–H and O–H groups in total. The Morgan fingerprint density at radius 3 is 0.957 bits per heavy atom. The number of hydrogen-bond donors (Lipinski definition) is 0. The van der Waals surface area contributed by atoms with E-state index in [1.54, 1.807) is 21.9 Å². The molecule has 0 nitrogen and oxygen atoms in total. The summed E-state index contributed by atoms with van der Waals surface area (Å²) >= 11 is 0.316. The van der Waals surface area contributed by atoms with Gasteiger partial charge in [0.25, 0.3) is 0 Å². The molecule has 0 aliphatic heterocycles. The summed E-state index contributed by atoms with van der Waals surface area (Å²) in [5, 5.41) is 0. The lowest BCUT2D eigenvalue weighted by molar-refractivity contribution is 0.554. The molecule has 0 aliphatic carbocycles. The smallest absolute Gasteiger partial charge is 0.146 e. The summed E-state index contributed by atoms with van der Waals surface area (Å²) in [7, 11) is 0. The van der Waals surface area contributed by atoms with Gasteiger partial charge in [-0.2, -0.15) is 0 Å². The maximum Gasteiger partial charge on any atom is 0.364 e. The summed E-state index contributed by atoms with van der Waals surface area (Å²) in [6.07, 6.45) is 25.3. The minimum Gasteiger partial charge on any atom is -0.146 e. The Morgan fingerprint density at radius 1 is 0.391 bits per heavy atom. The van der Waals surface area contributed by atoms with Crippen molar-refractivity contribution in [2.45, 2.75) is 132 Å². The highest BCUT2D eigenvalue weighted by molar-refractivity contribution is 8.93. The Morgan fingerprint density at radius 2 is 0.652 bits per heavy atom. The van der Waals surface area contributed by atoms with Gasteiger partial charge in [-0.1, -0.05) is 123 Å². The number of halogens is 1. The maximum atomic E-state index is 2.31.